The van der Waals surface area contributed by atoms with Crippen molar-refractivity contribution in [3.8, 4) is 0 Å². The van der Waals surface area contributed by atoms with E-state index < -0.39 is 7.12 Å². The maximum Gasteiger partial charge on any atom is 0.488 e. The number of nitrogens with one attached hydrogen (secondary N) is 2. The van der Waals surface area contributed by atoms with Crippen molar-refractivity contribution in [3.63, 3.8) is 0 Å². The smallest absolute Gasteiger partial charge is 0.423 e. The van der Waals surface area contributed by atoms with Gasteiger partial charge in [0.2, 0.25) is 5.91 Å². The second kappa shape index (κ2) is 6.96. The minimum absolute atomic E-state index is 0.144. The second-order valence-electron chi connectivity index (χ2n) is 5.20. The summed E-state index contributed by atoms with van der Waals surface area (Å²) in [5.41, 5.74) is 2.80. The molecule has 0 spiro atoms. The summed E-state index contributed by atoms with van der Waals surface area (Å²) in [7, 11) is -1.47. The van der Waals surface area contributed by atoms with Crippen molar-refractivity contribution in [1.29, 1.82) is 0 Å². The topological polar surface area (TPSA) is 107 Å². The Balaban J connectivity index is 1.77. The van der Waals surface area contributed by atoms with Gasteiger partial charge in [0.15, 0.2) is 0 Å². The van der Waals surface area contributed by atoms with Crippen LogP contribution in [-0.4, -0.2) is 33.0 Å². The fourth-order valence-corrected chi connectivity index (χ4v) is 3.17. The van der Waals surface area contributed by atoms with Crippen LogP contribution in [0.15, 0.2) is 36.0 Å². The number of hydrogen-bond acceptors (Lipinski definition) is 7. The minimum atomic E-state index is -1.47. The first-order valence-corrected chi connectivity index (χ1v) is 8.11. The van der Waals surface area contributed by atoms with Crippen LogP contribution in [0.1, 0.15) is 12.5 Å². The Morgan fingerprint density at radius 2 is 2.00 bits per heavy atom. The van der Waals surface area contributed by atoms with E-state index in [0.29, 0.717) is 29.0 Å². The van der Waals surface area contributed by atoms with Crippen LogP contribution >= 0.6 is 11.3 Å². The quantitative estimate of drug-likeness (QED) is 0.514. The van der Waals surface area contributed by atoms with Gasteiger partial charge in [-0.25, -0.2) is 9.97 Å². The van der Waals surface area contributed by atoms with Crippen molar-refractivity contribution in [2.45, 2.75) is 13.5 Å². The zero-order valence-electron chi connectivity index (χ0n) is 12.9. The van der Waals surface area contributed by atoms with Gasteiger partial charge in [-0.1, -0.05) is 24.3 Å². The van der Waals surface area contributed by atoms with Crippen LogP contribution in [-0.2, 0) is 11.3 Å². The number of fused-ring (bicyclic) bond motifs is 1. The van der Waals surface area contributed by atoms with Crippen molar-refractivity contribution in [2.75, 3.05) is 10.6 Å². The highest BCUT2D eigenvalue weighted by molar-refractivity contribution is 7.18. The van der Waals surface area contributed by atoms with E-state index in [1.165, 1.54) is 24.6 Å². The Morgan fingerprint density at radius 1 is 1.25 bits per heavy atom. The fraction of sp³-hybridized carbons (Fsp3) is 0.133. The summed E-state index contributed by atoms with van der Waals surface area (Å²) in [5, 5.41) is 26.0. The zero-order valence-corrected chi connectivity index (χ0v) is 13.7. The Hall–Kier alpha value is -2.49. The van der Waals surface area contributed by atoms with Crippen LogP contribution in [0.3, 0.4) is 0 Å². The summed E-state index contributed by atoms with van der Waals surface area (Å²) in [6.07, 6.45) is 1.45. The molecular weight excluding hydrogens is 327 g/mol. The van der Waals surface area contributed by atoms with E-state index in [0.717, 1.165) is 10.3 Å². The highest BCUT2D eigenvalue weighted by atomic mass is 32.1. The number of thiophene rings is 1. The molecule has 0 aliphatic heterocycles. The number of amides is 1. The van der Waals surface area contributed by atoms with Crippen molar-refractivity contribution >= 4 is 51.5 Å². The summed E-state index contributed by atoms with van der Waals surface area (Å²) in [6, 6.07) is 6.96. The number of anilines is 2. The maximum atomic E-state index is 11.2. The molecule has 2 aromatic heterocycles. The number of nitrogens with zero attached hydrogens (tertiary/aromatic N) is 2. The molecule has 0 unspecified atom stereocenters. The lowest BCUT2D eigenvalue weighted by Crippen LogP contribution is -2.29. The molecule has 1 amide bonds. The van der Waals surface area contributed by atoms with E-state index in [1.807, 2.05) is 17.5 Å². The standard InChI is InChI=1S/C15H15BN4O3S/c1-9(21)20-12-7-24-14-13(12)18-8-19-15(14)17-6-10-2-4-11(5-3-10)16(22)23/h2-5,7-8,22-23H,6H2,1H3,(H,20,21)(H,17,18,19). The predicted molar refractivity (Wildman–Crippen MR) is 95.3 cm³/mol. The molecule has 0 radical (unpaired) electrons. The molecule has 3 aromatic rings. The zero-order chi connectivity index (χ0) is 17.1. The number of benzene rings is 1. The van der Waals surface area contributed by atoms with Crippen LogP contribution in [0.4, 0.5) is 11.5 Å². The first-order chi connectivity index (χ1) is 11.5. The summed E-state index contributed by atoms with van der Waals surface area (Å²) in [6.45, 7) is 1.98. The van der Waals surface area contributed by atoms with Gasteiger partial charge in [-0.05, 0) is 11.0 Å². The molecule has 0 aliphatic rings. The molecule has 1 aromatic carbocycles. The van der Waals surface area contributed by atoms with Gasteiger partial charge in [0.1, 0.15) is 17.7 Å². The van der Waals surface area contributed by atoms with Gasteiger partial charge >= 0.3 is 7.12 Å². The molecule has 0 atom stereocenters. The molecule has 122 valence electrons. The van der Waals surface area contributed by atoms with E-state index in [9.17, 15) is 4.79 Å². The molecular formula is C15H15BN4O3S. The number of aromatic nitrogens is 2. The molecule has 7 nitrogen and oxygen atoms in total. The third kappa shape index (κ3) is 3.53. The second-order valence-corrected chi connectivity index (χ2v) is 6.08. The average molecular weight is 342 g/mol. The first-order valence-electron chi connectivity index (χ1n) is 7.23. The van der Waals surface area contributed by atoms with Gasteiger partial charge in [-0.3, -0.25) is 4.79 Å². The van der Waals surface area contributed by atoms with Crippen LogP contribution < -0.4 is 16.1 Å². The molecule has 0 saturated carbocycles. The lowest BCUT2D eigenvalue weighted by molar-refractivity contribution is -0.114. The number of rotatable bonds is 5. The third-order valence-electron chi connectivity index (χ3n) is 3.40. The van der Waals surface area contributed by atoms with Crippen LogP contribution in [0.5, 0.6) is 0 Å². The van der Waals surface area contributed by atoms with E-state index in [1.54, 1.807) is 12.1 Å². The minimum Gasteiger partial charge on any atom is -0.423 e. The van der Waals surface area contributed by atoms with E-state index in [4.69, 9.17) is 10.0 Å². The molecule has 24 heavy (non-hydrogen) atoms. The summed E-state index contributed by atoms with van der Waals surface area (Å²) in [5.74, 6) is 0.543. The predicted octanol–water partition coefficient (Wildman–Crippen LogP) is 0.942. The maximum absolute atomic E-state index is 11.2. The fourth-order valence-electron chi connectivity index (χ4n) is 2.25. The Bertz CT molecular complexity index is 867. The van der Waals surface area contributed by atoms with Gasteiger partial charge in [-0.2, -0.15) is 0 Å². The van der Waals surface area contributed by atoms with Crippen LogP contribution in [0, 0.1) is 0 Å². The van der Waals surface area contributed by atoms with Crippen molar-refractivity contribution in [3.05, 3.63) is 41.5 Å². The third-order valence-corrected chi connectivity index (χ3v) is 4.38. The van der Waals surface area contributed by atoms with Gasteiger partial charge in [0.25, 0.3) is 0 Å². The summed E-state index contributed by atoms with van der Waals surface area (Å²) >= 11 is 1.46. The Labute approximate surface area is 142 Å². The molecule has 0 saturated heterocycles. The molecule has 4 N–H and O–H groups in total. The van der Waals surface area contributed by atoms with Crippen molar-refractivity contribution < 1.29 is 14.8 Å². The summed E-state index contributed by atoms with van der Waals surface area (Å²) < 4.78 is 0.864. The van der Waals surface area contributed by atoms with Crippen LogP contribution in [0.2, 0.25) is 0 Å². The average Bonchev–Trinajstić information content (AvgIpc) is 2.96. The van der Waals surface area contributed by atoms with Gasteiger partial charge in [-0.15, -0.1) is 11.3 Å². The van der Waals surface area contributed by atoms with Crippen LogP contribution in [0.25, 0.3) is 10.2 Å². The Morgan fingerprint density at radius 3 is 2.67 bits per heavy atom. The van der Waals surface area contributed by atoms with Gasteiger partial charge in [0.05, 0.1) is 10.4 Å². The number of carbonyl (C=O) groups excluding carboxylic acids is 1. The highest BCUT2D eigenvalue weighted by Crippen LogP contribution is 2.32. The SMILES string of the molecule is CC(=O)Nc1csc2c(NCc3ccc(B(O)O)cc3)ncnc12. The molecule has 0 aliphatic carbocycles. The molecule has 0 fully saturated rings. The van der Waals surface area contributed by atoms with E-state index in [2.05, 4.69) is 20.6 Å². The normalized spacial score (nSPS) is 10.6. The summed E-state index contributed by atoms with van der Waals surface area (Å²) in [4.78, 5) is 19.7. The first kappa shape index (κ1) is 16.4. The van der Waals surface area contributed by atoms with E-state index in [-0.39, 0.29) is 5.91 Å². The molecule has 3 rings (SSSR count). The highest BCUT2D eigenvalue weighted by Gasteiger charge is 2.12. The molecule has 9 heteroatoms. The van der Waals surface area contributed by atoms with Gasteiger partial charge < -0.3 is 20.7 Å². The molecule has 0 bridgehead atoms. The molecule has 2 heterocycles. The monoisotopic (exact) mass is 342 g/mol. The van der Waals surface area contributed by atoms with Crippen molar-refractivity contribution in [1.82, 2.24) is 9.97 Å². The Kier molecular flexibility index (Phi) is 4.75. The number of carbonyl (C=O) groups is 1. The van der Waals surface area contributed by atoms with Crippen molar-refractivity contribution in [2.24, 2.45) is 0 Å². The largest absolute Gasteiger partial charge is 0.488 e. The van der Waals surface area contributed by atoms with E-state index >= 15 is 0 Å². The number of hydrogen-bond donors (Lipinski definition) is 4. The lowest BCUT2D eigenvalue weighted by Gasteiger charge is -2.07. The lowest BCUT2D eigenvalue weighted by atomic mass is 9.80. The van der Waals surface area contributed by atoms with Gasteiger partial charge in [0, 0.05) is 18.8 Å².